The molecule has 0 spiro atoms. The van der Waals surface area contributed by atoms with Crippen molar-refractivity contribution in [2.24, 2.45) is 0 Å². The largest absolute Gasteiger partial charge is 0.480 e. The molecule has 1 heterocycles. The summed E-state index contributed by atoms with van der Waals surface area (Å²) in [6, 6.07) is 7.71. The molecule has 0 aliphatic heterocycles. The number of methoxy groups -OCH3 is 1. The average Bonchev–Trinajstić information content (AvgIpc) is 2.46. The lowest BCUT2D eigenvalue weighted by atomic mass is 9.96. The van der Waals surface area contributed by atoms with Gasteiger partial charge in [-0.3, -0.25) is 0 Å². The third-order valence-corrected chi connectivity index (χ3v) is 3.14. The van der Waals surface area contributed by atoms with Gasteiger partial charge in [-0.1, -0.05) is 17.7 Å². The molecule has 2 N–H and O–H groups in total. The van der Waals surface area contributed by atoms with E-state index in [0.29, 0.717) is 0 Å². The second-order valence-corrected chi connectivity index (χ2v) is 4.36. The molecule has 0 atom stereocenters. The Bertz CT molecular complexity index is 788. The number of hydrogen-bond donors (Lipinski definition) is 1. The summed E-state index contributed by atoms with van der Waals surface area (Å²) in [5.41, 5.74) is 5.35. The number of nitrogens with zero attached hydrogens (tertiary/aromatic N) is 3. The van der Waals surface area contributed by atoms with Gasteiger partial charge in [0, 0.05) is 11.1 Å². The highest BCUT2D eigenvalue weighted by Gasteiger charge is 2.24. The zero-order chi connectivity index (χ0) is 15.6. The number of benzene rings is 1. The molecular formula is C14H8ClFN4O. The maximum atomic E-state index is 14.1. The van der Waals surface area contributed by atoms with E-state index in [1.54, 1.807) is 0 Å². The molecule has 0 unspecified atom stereocenters. The molecule has 0 bridgehead atoms. The number of nitrogens with two attached hydrogens (primary N) is 1. The van der Waals surface area contributed by atoms with Gasteiger partial charge in [0.15, 0.2) is 0 Å². The van der Waals surface area contributed by atoms with Crippen LogP contribution in [0.1, 0.15) is 11.1 Å². The fourth-order valence-corrected chi connectivity index (χ4v) is 2.19. The minimum atomic E-state index is -0.678. The molecule has 21 heavy (non-hydrogen) atoms. The monoisotopic (exact) mass is 302 g/mol. The van der Waals surface area contributed by atoms with Crippen LogP contribution in [-0.2, 0) is 0 Å². The third-order valence-electron chi connectivity index (χ3n) is 2.82. The molecule has 0 amide bonds. The van der Waals surface area contributed by atoms with Gasteiger partial charge in [-0.25, -0.2) is 4.39 Å². The van der Waals surface area contributed by atoms with Crippen LogP contribution in [0, 0.1) is 28.5 Å². The zero-order valence-corrected chi connectivity index (χ0v) is 11.6. The number of nitriles is 2. The van der Waals surface area contributed by atoms with Crippen molar-refractivity contribution in [2.75, 3.05) is 12.8 Å². The number of pyridine rings is 1. The van der Waals surface area contributed by atoms with E-state index >= 15 is 0 Å². The zero-order valence-electron chi connectivity index (χ0n) is 10.8. The first kappa shape index (κ1) is 14.6. The van der Waals surface area contributed by atoms with Crippen molar-refractivity contribution < 1.29 is 9.13 Å². The SMILES string of the molecule is COc1nc(N)c(C#N)c(-c2c(F)cccc2Cl)c1C#N. The standard InChI is InChI=1S/C14H8ClFN4O/c1-21-14-8(6-18)11(7(5-17)13(19)20-14)12-9(15)3-2-4-10(12)16/h2-4H,1H3,(H2,19,20). The van der Waals surface area contributed by atoms with Crippen molar-refractivity contribution in [3.63, 3.8) is 0 Å². The molecule has 2 aromatic rings. The van der Waals surface area contributed by atoms with Gasteiger partial charge in [-0.15, -0.1) is 0 Å². The first-order valence-electron chi connectivity index (χ1n) is 5.67. The lowest BCUT2D eigenvalue weighted by molar-refractivity contribution is 0.397. The van der Waals surface area contributed by atoms with Crippen molar-refractivity contribution in [2.45, 2.75) is 0 Å². The van der Waals surface area contributed by atoms with Gasteiger partial charge in [0.1, 0.15) is 34.9 Å². The van der Waals surface area contributed by atoms with Gasteiger partial charge in [0.2, 0.25) is 5.88 Å². The van der Waals surface area contributed by atoms with Crippen LogP contribution < -0.4 is 10.5 Å². The van der Waals surface area contributed by atoms with Gasteiger partial charge in [0.05, 0.1) is 12.1 Å². The minimum Gasteiger partial charge on any atom is -0.480 e. The summed E-state index contributed by atoms with van der Waals surface area (Å²) < 4.78 is 19.1. The van der Waals surface area contributed by atoms with Crippen LogP contribution in [0.15, 0.2) is 18.2 Å². The first-order valence-corrected chi connectivity index (χ1v) is 6.05. The third kappa shape index (κ3) is 2.33. The second kappa shape index (κ2) is 5.66. The summed E-state index contributed by atoms with van der Waals surface area (Å²) in [5, 5.41) is 18.6. The van der Waals surface area contributed by atoms with Crippen LogP contribution in [0.4, 0.5) is 10.2 Å². The Morgan fingerprint density at radius 3 is 2.43 bits per heavy atom. The molecule has 2 rings (SSSR count). The number of nitrogen functional groups attached to an aromatic ring is 1. The highest BCUT2D eigenvalue weighted by atomic mass is 35.5. The second-order valence-electron chi connectivity index (χ2n) is 3.95. The maximum Gasteiger partial charge on any atom is 0.234 e. The molecule has 0 aliphatic carbocycles. The molecule has 1 aromatic carbocycles. The van der Waals surface area contributed by atoms with Gasteiger partial charge < -0.3 is 10.5 Å². The predicted molar refractivity (Wildman–Crippen MR) is 75.0 cm³/mol. The van der Waals surface area contributed by atoms with Crippen LogP contribution >= 0.6 is 11.6 Å². The predicted octanol–water partition coefficient (Wildman–Crippen LogP) is 2.88. The van der Waals surface area contributed by atoms with E-state index in [9.17, 15) is 14.9 Å². The highest BCUT2D eigenvalue weighted by molar-refractivity contribution is 6.33. The van der Waals surface area contributed by atoms with E-state index in [0.717, 1.165) is 0 Å². The van der Waals surface area contributed by atoms with Crippen LogP contribution in [0.5, 0.6) is 5.88 Å². The molecule has 0 saturated carbocycles. The summed E-state index contributed by atoms with van der Waals surface area (Å²) in [7, 11) is 1.29. The first-order chi connectivity index (χ1) is 10.0. The van der Waals surface area contributed by atoms with Crippen molar-refractivity contribution in [3.05, 3.63) is 40.2 Å². The normalized spacial score (nSPS) is 9.76. The Balaban J connectivity index is 3.01. The Morgan fingerprint density at radius 1 is 1.24 bits per heavy atom. The van der Waals surface area contributed by atoms with Gasteiger partial charge in [-0.05, 0) is 12.1 Å². The quantitative estimate of drug-likeness (QED) is 0.920. The van der Waals surface area contributed by atoms with E-state index in [2.05, 4.69) is 4.98 Å². The van der Waals surface area contributed by atoms with Crippen LogP contribution in [-0.4, -0.2) is 12.1 Å². The fraction of sp³-hybridized carbons (Fsp3) is 0.0714. The molecule has 5 nitrogen and oxygen atoms in total. The van der Waals surface area contributed by atoms with E-state index < -0.39 is 5.82 Å². The number of hydrogen-bond acceptors (Lipinski definition) is 5. The maximum absolute atomic E-state index is 14.1. The van der Waals surface area contributed by atoms with Crippen LogP contribution in [0.25, 0.3) is 11.1 Å². The smallest absolute Gasteiger partial charge is 0.234 e. The number of rotatable bonds is 2. The molecular weight excluding hydrogens is 295 g/mol. The Labute approximate surface area is 125 Å². The molecule has 0 fully saturated rings. The molecule has 0 saturated heterocycles. The summed E-state index contributed by atoms with van der Waals surface area (Å²) in [4.78, 5) is 3.82. The van der Waals surface area contributed by atoms with E-state index in [4.69, 9.17) is 22.1 Å². The Kier molecular flexibility index (Phi) is 3.93. The van der Waals surface area contributed by atoms with Crippen molar-refractivity contribution in [3.8, 4) is 29.1 Å². The summed E-state index contributed by atoms with van der Waals surface area (Å²) >= 11 is 6.01. The van der Waals surface area contributed by atoms with Crippen molar-refractivity contribution in [1.29, 1.82) is 10.5 Å². The summed E-state index contributed by atoms with van der Waals surface area (Å²) in [6.07, 6.45) is 0. The summed E-state index contributed by atoms with van der Waals surface area (Å²) in [5.74, 6) is -0.936. The number of aromatic nitrogens is 1. The number of ether oxygens (including phenoxy) is 1. The van der Waals surface area contributed by atoms with Crippen molar-refractivity contribution >= 4 is 17.4 Å². The lowest BCUT2D eigenvalue weighted by Crippen LogP contribution is -2.05. The van der Waals surface area contributed by atoms with Crippen molar-refractivity contribution in [1.82, 2.24) is 4.98 Å². The van der Waals surface area contributed by atoms with Gasteiger partial charge >= 0.3 is 0 Å². The summed E-state index contributed by atoms with van der Waals surface area (Å²) in [6.45, 7) is 0. The van der Waals surface area contributed by atoms with Crippen LogP contribution in [0.3, 0.4) is 0 Å². The topological polar surface area (TPSA) is 95.7 Å². The average molecular weight is 303 g/mol. The minimum absolute atomic E-state index is 0.0209. The molecule has 1 aromatic heterocycles. The van der Waals surface area contributed by atoms with E-state index in [1.807, 2.05) is 12.1 Å². The number of anilines is 1. The molecule has 0 radical (unpaired) electrons. The highest BCUT2D eigenvalue weighted by Crippen LogP contribution is 2.39. The molecule has 7 heteroatoms. The Morgan fingerprint density at radius 2 is 1.90 bits per heavy atom. The van der Waals surface area contributed by atoms with Gasteiger partial charge in [-0.2, -0.15) is 15.5 Å². The molecule has 0 aliphatic rings. The number of halogens is 2. The van der Waals surface area contributed by atoms with E-state index in [1.165, 1.54) is 25.3 Å². The fourth-order valence-electron chi connectivity index (χ4n) is 1.93. The van der Waals surface area contributed by atoms with Crippen LogP contribution in [0.2, 0.25) is 5.02 Å². The van der Waals surface area contributed by atoms with Gasteiger partial charge in [0.25, 0.3) is 0 Å². The lowest BCUT2D eigenvalue weighted by Gasteiger charge is -2.13. The Hall–Kier alpha value is -2.83. The molecule has 104 valence electrons. The van der Waals surface area contributed by atoms with E-state index in [-0.39, 0.29) is 39.0 Å².